The minimum Gasteiger partial charge on any atom is -0.481 e. The molecule has 0 spiro atoms. The first-order valence-corrected chi connectivity index (χ1v) is 14.0. The molecule has 250 valence electrons. The third-order valence-electron chi connectivity index (χ3n) is 5.44. The Bertz CT molecular complexity index is 1490. The number of hydrogen-bond donors (Lipinski definition) is 6. The number of rotatable bonds is 12. The van der Waals surface area contributed by atoms with Gasteiger partial charge in [-0.3, -0.25) is 24.0 Å². The van der Waals surface area contributed by atoms with Crippen LogP contribution in [-0.4, -0.2) is 70.9 Å². The highest BCUT2D eigenvalue weighted by Gasteiger charge is 2.05. The monoisotopic (exact) mass is 651 g/mol. The van der Waals surface area contributed by atoms with Gasteiger partial charge in [-0.2, -0.15) is 0 Å². The summed E-state index contributed by atoms with van der Waals surface area (Å²) in [4.78, 5) is 54.7. The summed E-state index contributed by atoms with van der Waals surface area (Å²) in [6.07, 6.45) is 1.93. The Morgan fingerprint density at radius 3 is 1.30 bits per heavy atom. The Hall–Kier alpha value is -6.25. The normalized spacial score (nSPS) is 10.1. The summed E-state index contributed by atoms with van der Waals surface area (Å²) in [6, 6.07) is 20.3. The number of anilines is 3. The zero-order valence-corrected chi connectivity index (χ0v) is 25.8. The number of hydrogen-bond acceptors (Lipinski definition) is 12. The van der Waals surface area contributed by atoms with Gasteiger partial charge < -0.3 is 41.4 Å². The van der Waals surface area contributed by atoms with Crippen LogP contribution in [0.1, 0.15) is 30.5 Å². The predicted octanol–water partition coefficient (Wildman–Crippen LogP) is 3.28. The summed E-state index contributed by atoms with van der Waals surface area (Å²) in [5.74, 6) is -2.50. The fraction of sp³-hybridized carbons (Fsp3) is 0.219. The van der Waals surface area contributed by atoms with Crippen molar-refractivity contribution in [1.29, 1.82) is 0 Å². The van der Waals surface area contributed by atoms with E-state index in [4.69, 9.17) is 30.7 Å². The number of ether oxygens (including phenoxy) is 2. The maximum atomic E-state index is 11.2. The molecule has 15 nitrogen and oxygen atoms in total. The quantitative estimate of drug-likeness (QED) is 0.0546. The molecule has 0 radical (unpaired) electrons. The molecule has 47 heavy (non-hydrogen) atoms. The topological polar surface area (TPSA) is 239 Å². The molecule has 0 unspecified atom stereocenters. The van der Waals surface area contributed by atoms with Gasteiger partial charge in [0.2, 0.25) is 0 Å². The maximum Gasteiger partial charge on any atom is 0.310 e. The van der Waals surface area contributed by atoms with Crippen LogP contribution in [0.5, 0.6) is 0 Å². The van der Waals surface area contributed by atoms with E-state index in [-0.39, 0.29) is 24.8 Å². The van der Waals surface area contributed by atoms with E-state index in [0.29, 0.717) is 42.3 Å². The molecule has 0 saturated heterocycles. The van der Waals surface area contributed by atoms with Gasteiger partial charge in [-0.25, -0.2) is 0 Å². The first-order chi connectivity index (χ1) is 22.5. The van der Waals surface area contributed by atoms with Crippen LogP contribution >= 0.6 is 0 Å². The van der Waals surface area contributed by atoms with Gasteiger partial charge in [0, 0.05) is 17.1 Å². The van der Waals surface area contributed by atoms with Crippen LogP contribution in [0.2, 0.25) is 0 Å². The number of nitrogens with two attached hydrogens (primary N) is 1. The molecule has 3 aromatic carbocycles. The van der Waals surface area contributed by atoms with E-state index in [0.717, 1.165) is 23.6 Å². The van der Waals surface area contributed by atoms with E-state index < -0.39 is 17.8 Å². The zero-order valence-electron chi connectivity index (χ0n) is 25.8. The highest BCUT2D eigenvalue weighted by Crippen LogP contribution is 2.11. The SMILES string of the molecule is CCOC(=O)Cc1ccc(N)cc1.CCOC(=O)Cc1ccc(NC(=O)/C=N/O)cc1.O=C(O)Cc1ccc(NC(=O)/C=N/O)cc1. The lowest BCUT2D eigenvalue weighted by molar-refractivity contribution is -0.143. The molecule has 3 rings (SSSR count). The van der Waals surface area contributed by atoms with Gasteiger partial charge in [0.25, 0.3) is 11.8 Å². The number of nitrogen functional groups attached to an aromatic ring is 1. The summed E-state index contributed by atoms with van der Waals surface area (Å²) >= 11 is 0. The van der Waals surface area contributed by atoms with Gasteiger partial charge in [0.1, 0.15) is 12.4 Å². The lowest BCUT2D eigenvalue weighted by Crippen LogP contribution is -2.12. The second kappa shape index (κ2) is 22.3. The summed E-state index contributed by atoms with van der Waals surface area (Å²) in [6.45, 7) is 4.32. The highest BCUT2D eigenvalue weighted by molar-refractivity contribution is 6.32. The Morgan fingerprint density at radius 2 is 0.979 bits per heavy atom. The van der Waals surface area contributed by atoms with Crippen molar-refractivity contribution in [2.45, 2.75) is 33.1 Å². The van der Waals surface area contributed by atoms with Crippen molar-refractivity contribution in [3.63, 3.8) is 0 Å². The molecule has 7 N–H and O–H groups in total. The molecular formula is C32H37N5O10. The van der Waals surface area contributed by atoms with Crippen molar-refractivity contribution in [1.82, 2.24) is 0 Å². The smallest absolute Gasteiger partial charge is 0.310 e. The molecular weight excluding hydrogens is 614 g/mol. The molecule has 0 bridgehead atoms. The average Bonchev–Trinajstić information content (AvgIpc) is 3.01. The van der Waals surface area contributed by atoms with Gasteiger partial charge >= 0.3 is 17.9 Å². The molecule has 0 aromatic heterocycles. The zero-order chi connectivity index (χ0) is 35.0. The van der Waals surface area contributed by atoms with Crippen molar-refractivity contribution < 1.29 is 49.0 Å². The minimum atomic E-state index is -0.913. The molecule has 0 atom stereocenters. The maximum absolute atomic E-state index is 11.2. The summed E-state index contributed by atoms with van der Waals surface area (Å²) in [7, 11) is 0. The number of oxime groups is 2. The molecule has 15 heteroatoms. The lowest BCUT2D eigenvalue weighted by atomic mass is 10.1. The van der Waals surface area contributed by atoms with Gasteiger partial charge in [-0.1, -0.05) is 46.7 Å². The fourth-order valence-electron chi connectivity index (χ4n) is 3.43. The standard InChI is InChI=1S/C12H14N2O4.C10H10N2O4.C10H13NO2/c1-2-18-12(16)7-9-3-5-10(6-4-9)14-11(15)8-13-17;13-9(6-11-16)12-8-3-1-7(2-4-8)5-10(14)15;1-2-13-10(12)7-8-3-5-9(11)6-4-8/h3-6,8,17H,2,7H2,1H3,(H,14,15);1-4,6,16H,5H2,(H,12,13)(H,14,15);3-6H,2,7,11H2,1H3/b13-8+;11-6+;. The Labute approximate surface area is 270 Å². The van der Waals surface area contributed by atoms with E-state index in [9.17, 15) is 24.0 Å². The van der Waals surface area contributed by atoms with Crippen molar-refractivity contribution in [2.24, 2.45) is 10.3 Å². The summed E-state index contributed by atoms with van der Waals surface area (Å²) in [5.41, 5.74) is 9.61. The second-order valence-corrected chi connectivity index (χ2v) is 9.14. The van der Waals surface area contributed by atoms with E-state index in [1.807, 2.05) is 12.1 Å². The summed E-state index contributed by atoms with van der Waals surface area (Å²) < 4.78 is 9.62. The van der Waals surface area contributed by atoms with Crippen LogP contribution in [0.15, 0.2) is 83.1 Å². The van der Waals surface area contributed by atoms with Crippen molar-refractivity contribution in [3.8, 4) is 0 Å². The molecule has 3 aromatic rings. The molecule has 0 aliphatic carbocycles. The molecule has 0 saturated carbocycles. The van der Waals surface area contributed by atoms with Crippen LogP contribution in [0.4, 0.5) is 17.1 Å². The number of carboxylic acid groups (broad SMARTS) is 1. The van der Waals surface area contributed by atoms with Crippen molar-refractivity contribution >= 4 is 59.2 Å². The Morgan fingerprint density at radius 1 is 0.638 bits per heavy atom. The van der Waals surface area contributed by atoms with E-state index >= 15 is 0 Å². The minimum absolute atomic E-state index is 0.0632. The van der Waals surface area contributed by atoms with E-state index in [1.54, 1.807) is 74.5 Å². The summed E-state index contributed by atoms with van der Waals surface area (Å²) in [5, 5.41) is 34.9. The second-order valence-electron chi connectivity index (χ2n) is 9.14. The number of amides is 2. The van der Waals surface area contributed by atoms with Crippen LogP contribution in [0.3, 0.4) is 0 Å². The number of nitrogens with zero attached hydrogens (tertiary/aromatic N) is 2. The third kappa shape index (κ3) is 18.2. The number of carbonyl (C=O) groups is 5. The first-order valence-electron chi connectivity index (χ1n) is 14.0. The van der Waals surface area contributed by atoms with Crippen LogP contribution in [0.25, 0.3) is 0 Å². The largest absolute Gasteiger partial charge is 0.481 e. The number of carboxylic acids is 1. The van der Waals surface area contributed by atoms with Gasteiger partial charge in [-0.15, -0.1) is 0 Å². The highest BCUT2D eigenvalue weighted by atomic mass is 16.5. The molecule has 0 aliphatic heterocycles. The Kier molecular flexibility index (Phi) is 18.4. The molecule has 0 aliphatic rings. The van der Waals surface area contributed by atoms with Crippen LogP contribution in [0, 0.1) is 0 Å². The molecule has 2 amide bonds. The van der Waals surface area contributed by atoms with Gasteiger partial charge in [0.05, 0.1) is 32.5 Å². The van der Waals surface area contributed by atoms with Crippen LogP contribution < -0.4 is 16.4 Å². The Balaban J connectivity index is 0.000000357. The molecule has 0 fully saturated rings. The average molecular weight is 652 g/mol. The van der Waals surface area contributed by atoms with Crippen molar-refractivity contribution in [2.75, 3.05) is 29.6 Å². The first kappa shape index (κ1) is 38.8. The number of esters is 2. The van der Waals surface area contributed by atoms with E-state index in [1.165, 1.54) is 0 Å². The number of aliphatic carboxylic acids is 1. The number of benzene rings is 3. The van der Waals surface area contributed by atoms with E-state index in [2.05, 4.69) is 20.9 Å². The number of carbonyl (C=O) groups excluding carboxylic acids is 4. The number of nitrogens with one attached hydrogen (secondary N) is 2. The lowest BCUT2D eigenvalue weighted by Gasteiger charge is -2.04. The van der Waals surface area contributed by atoms with Gasteiger partial charge in [0.15, 0.2) is 0 Å². The third-order valence-corrected chi connectivity index (χ3v) is 5.44. The predicted molar refractivity (Wildman–Crippen MR) is 174 cm³/mol. The van der Waals surface area contributed by atoms with Gasteiger partial charge in [-0.05, 0) is 66.9 Å². The van der Waals surface area contributed by atoms with Crippen LogP contribution in [-0.2, 0) is 52.7 Å². The van der Waals surface area contributed by atoms with Crippen molar-refractivity contribution in [3.05, 3.63) is 89.5 Å². The molecule has 0 heterocycles. The fourth-order valence-corrected chi connectivity index (χ4v) is 3.43.